The first-order valence-electron chi connectivity index (χ1n) is 6.73. The Morgan fingerprint density at radius 3 is 2.56 bits per heavy atom. The third-order valence-electron chi connectivity index (χ3n) is 4.06. The molecule has 0 radical (unpaired) electrons. The van der Waals surface area contributed by atoms with E-state index in [1.807, 2.05) is 11.7 Å². The Morgan fingerprint density at radius 1 is 1.39 bits per heavy atom. The van der Waals surface area contributed by atoms with Gasteiger partial charge in [-0.05, 0) is 19.3 Å². The van der Waals surface area contributed by atoms with E-state index in [4.69, 9.17) is 11.6 Å². The van der Waals surface area contributed by atoms with Crippen molar-refractivity contribution in [2.24, 2.45) is 12.5 Å². The average molecular weight is 266 g/mol. The molecule has 0 unspecified atom stereocenters. The quantitative estimate of drug-likeness (QED) is 0.837. The van der Waals surface area contributed by atoms with Gasteiger partial charge < -0.3 is 0 Å². The van der Waals surface area contributed by atoms with E-state index in [0.29, 0.717) is 0 Å². The Morgan fingerprint density at radius 2 is 2.06 bits per heavy atom. The molecule has 1 fully saturated rings. The van der Waals surface area contributed by atoms with E-state index in [1.165, 1.54) is 6.42 Å². The van der Waals surface area contributed by atoms with Crippen LogP contribution in [0.15, 0.2) is 0 Å². The van der Waals surface area contributed by atoms with Crippen LogP contribution >= 0.6 is 11.6 Å². The van der Waals surface area contributed by atoms with Crippen LogP contribution in [0.2, 0.25) is 5.02 Å². The van der Waals surface area contributed by atoms with E-state index in [1.54, 1.807) is 0 Å². The third-order valence-corrected chi connectivity index (χ3v) is 4.49. The van der Waals surface area contributed by atoms with Crippen LogP contribution < -0.4 is 0 Å². The number of nitriles is 1. The molecule has 1 aliphatic carbocycles. The summed E-state index contributed by atoms with van der Waals surface area (Å²) in [5, 5.41) is 14.7. The fraction of sp³-hybridized carbons (Fsp3) is 0.714. The maximum atomic E-state index is 9.53. The van der Waals surface area contributed by atoms with E-state index in [9.17, 15) is 5.26 Å². The summed E-state index contributed by atoms with van der Waals surface area (Å²) in [6, 6.07) is 2.55. The van der Waals surface area contributed by atoms with Crippen molar-refractivity contribution >= 4 is 11.6 Å². The Kier molecular flexibility index (Phi) is 3.97. The molecule has 0 aromatic carbocycles. The highest BCUT2D eigenvalue weighted by molar-refractivity contribution is 6.31. The van der Waals surface area contributed by atoms with Crippen molar-refractivity contribution in [2.45, 2.75) is 51.9 Å². The normalized spacial score (nSPS) is 18.6. The van der Waals surface area contributed by atoms with Gasteiger partial charge in [-0.25, -0.2) is 0 Å². The minimum absolute atomic E-state index is 0.222. The van der Waals surface area contributed by atoms with Crippen LogP contribution in [0.25, 0.3) is 0 Å². The average Bonchev–Trinajstić information content (AvgIpc) is 2.67. The zero-order valence-corrected chi connectivity index (χ0v) is 11.9. The summed E-state index contributed by atoms with van der Waals surface area (Å²) in [6.07, 6.45) is 7.13. The molecule has 1 aliphatic rings. The molecule has 1 saturated carbocycles. The fourth-order valence-corrected chi connectivity index (χ4v) is 3.25. The lowest BCUT2D eigenvalue weighted by atomic mass is 9.72. The molecular weight excluding hydrogens is 246 g/mol. The molecule has 1 aromatic heterocycles. The molecule has 0 saturated heterocycles. The predicted octanol–water partition coefficient (Wildman–Crippen LogP) is 3.65. The number of rotatable bonds is 3. The van der Waals surface area contributed by atoms with Crippen molar-refractivity contribution in [1.29, 1.82) is 5.26 Å². The number of nitrogens with zero attached hydrogens (tertiary/aromatic N) is 3. The van der Waals surface area contributed by atoms with Gasteiger partial charge in [0.25, 0.3) is 0 Å². The van der Waals surface area contributed by atoms with Gasteiger partial charge in [0.05, 0.1) is 27.9 Å². The molecule has 1 heterocycles. The van der Waals surface area contributed by atoms with Crippen molar-refractivity contribution in [2.75, 3.05) is 0 Å². The highest BCUT2D eigenvalue weighted by Crippen LogP contribution is 2.40. The molecule has 1 aromatic rings. The largest absolute Gasteiger partial charge is 0.271 e. The second-order valence-electron chi connectivity index (χ2n) is 5.31. The maximum Gasteiger partial charge on any atom is 0.0850 e. The highest BCUT2D eigenvalue weighted by atomic mass is 35.5. The molecule has 2 rings (SSSR count). The van der Waals surface area contributed by atoms with Gasteiger partial charge in [0.1, 0.15) is 0 Å². The summed E-state index contributed by atoms with van der Waals surface area (Å²) in [6.45, 7) is 2.05. The first-order chi connectivity index (χ1) is 8.62. The summed E-state index contributed by atoms with van der Waals surface area (Å²) in [5.41, 5.74) is 1.75. The van der Waals surface area contributed by atoms with Gasteiger partial charge in [-0.2, -0.15) is 10.4 Å². The third kappa shape index (κ3) is 2.40. The second-order valence-corrected chi connectivity index (χ2v) is 5.69. The van der Waals surface area contributed by atoms with Crippen LogP contribution in [0.1, 0.15) is 50.4 Å². The lowest BCUT2D eigenvalue weighted by Crippen LogP contribution is -2.26. The van der Waals surface area contributed by atoms with E-state index < -0.39 is 0 Å². The molecule has 0 atom stereocenters. The lowest BCUT2D eigenvalue weighted by Gasteiger charge is -2.30. The Bertz CT molecular complexity index is 464. The van der Waals surface area contributed by atoms with Gasteiger partial charge in [0.2, 0.25) is 0 Å². The topological polar surface area (TPSA) is 41.6 Å². The van der Waals surface area contributed by atoms with Gasteiger partial charge in [0, 0.05) is 13.5 Å². The number of hydrogen-bond donors (Lipinski definition) is 0. The minimum atomic E-state index is -0.222. The van der Waals surface area contributed by atoms with Crippen molar-refractivity contribution in [1.82, 2.24) is 9.78 Å². The van der Waals surface area contributed by atoms with Crippen LogP contribution in [-0.2, 0) is 19.9 Å². The molecule has 18 heavy (non-hydrogen) atoms. The lowest BCUT2D eigenvalue weighted by molar-refractivity contribution is 0.261. The first kappa shape index (κ1) is 13.4. The van der Waals surface area contributed by atoms with Crippen molar-refractivity contribution in [3.8, 4) is 6.07 Å². The van der Waals surface area contributed by atoms with Crippen molar-refractivity contribution in [3.05, 3.63) is 16.4 Å². The molecule has 0 bridgehead atoms. The van der Waals surface area contributed by atoms with E-state index in [2.05, 4.69) is 18.1 Å². The van der Waals surface area contributed by atoms with Crippen molar-refractivity contribution in [3.63, 3.8) is 0 Å². The number of hydrogen-bond acceptors (Lipinski definition) is 2. The second kappa shape index (κ2) is 5.32. The number of halogens is 1. The van der Waals surface area contributed by atoms with Gasteiger partial charge >= 0.3 is 0 Å². The van der Waals surface area contributed by atoms with Crippen LogP contribution in [0, 0.1) is 16.7 Å². The standard InChI is InChI=1S/C14H20ClN3/c1-3-11-13(15)12(18(2)17-11)9-14(10-16)7-5-4-6-8-14/h3-9H2,1-2H3. The smallest absolute Gasteiger partial charge is 0.0850 e. The first-order valence-corrected chi connectivity index (χ1v) is 7.11. The zero-order chi connectivity index (χ0) is 13.2. The van der Waals surface area contributed by atoms with Crippen LogP contribution in [0.5, 0.6) is 0 Å². The van der Waals surface area contributed by atoms with E-state index in [0.717, 1.165) is 54.9 Å². The summed E-state index contributed by atoms with van der Waals surface area (Å²) in [5.74, 6) is 0. The van der Waals surface area contributed by atoms with Gasteiger partial charge in [0.15, 0.2) is 0 Å². The summed E-state index contributed by atoms with van der Waals surface area (Å²) >= 11 is 6.38. The zero-order valence-electron chi connectivity index (χ0n) is 11.2. The predicted molar refractivity (Wildman–Crippen MR) is 72.4 cm³/mol. The van der Waals surface area contributed by atoms with Crippen LogP contribution in [0.3, 0.4) is 0 Å². The molecule has 0 N–H and O–H groups in total. The molecule has 3 nitrogen and oxygen atoms in total. The number of aromatic nitrogens is 2. The maximum absolute atomic E-state index is 9.53. The number of aryl methyl sites for hydroxylation is 2. The fourth-order valence-electron chi connectivity index (χ4n) is 2.89. The Hall–Kier alpha value is -1.01. The molecule has 0 spiro atoms. The molecule has 0 amide bonds. The highest BCUT2D eigenvalue weighted by Gasteiger charge is 2.34. The molecule has 0 aliphatic heterocycles. The van der Waals surface area contributed by atoms with E-state index >= 15 is 0 Å². The van der Waals surface area contributed by atoms with Gasteiger partial charge in [-0.15, -0.1) is 0 Å². The van der Waals surface area contributed by atoms with Gasteiger partial charge in [-0.1, -0.05) is 37.8 Å². The molecular formula is C14H20ClN3. The summed E-state index contributed by atoms with van der Waals surface area (Å²) in [7, 11) is 1.92. The van der Waals surface area contributed by atoms with Gasteiger partial charge in [-0.3, -0.25) is 4.68 Å². The Labute approximate surface area is 114 Å². The SMILES string of the molecule is CCc1nn(C)c(CC2(C#N)CCCCC2)c1Cl. The van der Waals surface area contributed by atoms with Crippen molar-refractivity contribution < 1.29 is 0 Å². The summed E-state index contributed by atoms with van der Waals surface area (Å²) in [4.78, 5) is 0. The van der Waals surface area contributed by atoms with Crippen LogP contribution in [-0.4, -0.2) is 9.78 Å². The monoisotopic (exact) mass is 265 g/mol. The minimum Gasteiger partial charge on any atom is -0.271 e. The summed E-state index contributed by atoms with van der Waals surface area (Å²) < 4.78 is 1.86. The Balaban J connectivity index is 2.27. The molecule has 98 valence electrons. The van der Waals surface area contributed by atoms with E-state index in [-0.39, 0.29) is 5.41 Å². The molecule has 4 heteroatoms. The van der Waals surface area contributed by atoms with Crippen LogP contribution in [0.4, 0.5) is 0 Å².